The number of nitrogens with one attached hydrogen (secondary N) is 1. The lowest BCUT2D eigenvalue weighted by atomic mass is 10.1. The summed E-state index contributed by atoms with van der Waals surface area (Å²) in [6.45, 7) is 4.73. The molecule has 1 heterocycles. The van der Waals surface area contributed by atoms with Gasteiger partial charge < -0.3 is 25.3 Å². The van der Waals surface area contributed by atoms with Crippen LogP contribution < -0.4 is 25.3 Å². The molecule has 3 rings (SSSR count). The number of carbonyl (C=O) groups is 1. The Labute approximate surface area is 179 Å². The number of methoxy groups -OCH3 is 2. The molecule has 3 N–H and O–H groups in total. The number of ether oxygens (including phenoxy) is 3. The molecule has 0 aliphatic heterocycles. The van der Waals surface area contributed by atoms with E-state index in [0.29, 0.717) is 41.7 Å². The van der Waals surface area contributed by atoms with Crippen molar-refractivity contribution in [2.75, 3.05) is 14.2 Å². The van der Waals surface area contributed by atoms with Gasteiger partial charge in [-0.05, 0) is 49.7 Å². The Morgan fingerprint density at radius 3 is 2.30 bits per heavy atom. The van der Waals surface area contributed by atoms with Gasteiger partial charge in [-0.15, -0.1) is 11.3 Å². The summed E-state index contributed by atoms with van der Waals surface area (Å²) in [4.78, 5) is 18.0. The van der Waals surface area contributed by atoms with Crippen molar-refractivity contribution in [1.29, 1.82) is 0 Å². The largest absolute Gasteiger partial charge is 0.493 e. The summed E-state index contributed by atoms with van der Waals surface area (Å²) in [6, 6.07) is 10.5. The summed E-state index contributed by atoms with van der Waals surface area (Å²) in [5, 5.41) is 3.91. The summed E-state index contributed by atoms with van der Waals surface area (Å²) in [5.74, 6) is 1.81. The second kappa shape index (κ2) is 9.60. The van der Waals surface area contributed by atoms with Gasteiger partial charge in [-0.25, -0.2) is 4.98 Å². The average molecular weight is 428 g/mol. The van der Waals surface area contributed by atoms with E-state index >= 15 is 0 Å². The number of amides is 1. The number of thiazole rings is 1. The fourth-order valence-electron chi connectivity index (χ4n) is 2.94. The highest BCUT2D eigenvalue weighted by molar-refractivity contribution is 7.11. The van der Waals surface area contributed by atoms with Gasteiger partial charge in [-0.1, -0.05) is 6.07 Å². The molecule has 3 aromatic rings. The number of hydrogen-bond donors (Lipinski definition) is 2. The molecule has 0 saturated carbocycles. The number of hydrogen-bond acceptors (Lipinski definition) is 7. The van der Waals surface area contributed by atoms with E-state index in [1.807, 2.05) is 26.0 Å². The minimum absolute atomic E-state index is 0.199. The van der Waals surface area contributed by atoms with Gasteiger partial charge >= 0.3 is 0 Å². The van der Waals surface area contributed by atoms with Crippen LogP contribution in [0.1, 0.15) is 31.5 Å². The van der Waals surface area contributed by atoms with E-state index in [2.05, 4.69) is 10.3 Å². The molecule has 8 heteroatoms. The summed E-state index contributed by atoms with van der Waals surface area (Å²) in [6.07, 6.45) is 0. The van der Waals surface area contributed by atoms with Gasteiger partial charge in [0, 0.05) is 17.0 Å². The molecule has 0 unspecified atom stereocenters. The monoisotopic (exact) mass is 427 g/mol. The van der Waals surface area contributed by atoms with Crippen LogP contribution in [0.2, 0.25) is 0 Å². The van der Waals surface area contributed by atoms with Gasteiger partial charge in [0.15, 0.2) is 23.0 Å². The summed E-state index contributed by atoms with van der Waals surface area (Å²) >= 11 is 1.58. The number of nitrogens with zero attached hydrogens (tertiary/aromatic N) is 1. The van der Waals surface area contributed by atoms with Crippen LogP contribution in [0.3, 0.4) is 0 Å². The van der Waals surface area contributed by atoms with Gasteiger partial charge in [0.1, 0.15) is 0 Å². The highest BCUT2D eigenvalue weighted by Gasteiger charge is 2.15. The topological polar surface area (TPSA) is 95.7 Å². The molecule has 2 aromatic carbocycles. The number of aryl methyl sites for hydroxylation is 2. The lowest BCUT2D eigenvalue weighted by Crippen LogP contribution is -2.22. The van der Waals surface area contributed by atoms with E-state index in [1.165, 1.54) is 7.11 Å². The van der Waals surface area contributed by atoms with Crippen molar-refractivity contribution in [3.63, 3.8) is 0 Å². The van der Waals surface area contributed by atoms with Crippen LogP contribution in [0.15, 0.2) is 36.4 Å². The third-order valence-corrected chi connectivity index (χ3v) is 5.59. The normalized spacial score (nSPS) is 10.6. The Morgan fingerprint density at radius 1 is 1.03 bits per heavy atom. The molecule has 0 aliphatic carbocycles. The maximum atomic E-state index is 12.6. The third kappa shape index (κ3) is 4.90. The van der Waals surface area contributed by atoms with Crippen LogP contribution in [-0.4, -0.2) is 25.1 Å². The lowest BCUT2D eigenvalue weighted by molar-refractivity contribution is 0.0951. The molecule has 0 radical (unpaired) electrons. The van der Waals surface area contributed by atoms with Crippen LogP contribution in [0.4, 0.5) is 0 Å². The molecule has 7 nitrogen and oxygen atoms in total. The molecular weight excluding hydrogens is 402 g/mol. The summed E-state index contributed by atoms with van der Waals surface area (Å²) in [7, 11) is 3.10. The average Bonchev–Trinajstić information content (AvgIpc) is 3.09. The molecule has 0 aliphatic rings. The van der Waals surface area contributed by atoms with Gasteiger partial charge in [-0.3, -0.25) is 4.79 Å². The Hall–Kier alpha value is -3.10. The van der Waals surface area contributed by atoms with E-state index in [4.69, 9.17) is 19.9 Å². The van der Waals surface area contributed by atoms with E-state index in [1.54, 1.807) is 42.7 Å². The van der Waals surface area contributed by atoms with Crippen molar-refractivity contribution >= 4 is 17.2 Å². The molecule has 0 saturated heterocycles. The fraction of sp³-hybridized carbons (Fsp3) is 0.273. The molecule has 0 bridgehead atoms. The Bertz CT molecular complexity index is 1050. The van der Waals surface area contributed by atoms with Gasteiger partial charge in [0.25, 0.3) is 5.91 Å². The highest BCUT2D eigenvalue weighted by Crippen LogP contribution is 2.37. The van der Waals surface area contributed by atoms with E-state index < -0.39 is 0 Å². The van der Waals surface area contributed by atoms with Crippen LogP contribution in [0, 0.1) is 13.8 Å². The minimum Gasteiger partial charge on any atom is -0.493 e. The Balaban J connectivity index is 1.76. The van der Waals surface area contributed by atoms with Crippen LogP contribution >= 0.6 is 11.3 Å². The molecule has 1 aromatic heterocycles. The van der Waals surface area contributed by atoms with Crippen molar-refractivity contribution in [1.82, 2.24) is 10.3 Å². The van der Waals surface area contributed by atoms with E-state index in [9.17, 15) is 4.79 Å². The molecule has 0 fully saturated rings. The number of carbonyl (C=O) groups excluding carboxylic acids is 1. The fourth-order valence-corrected chi connectivity index (χ4v) is 3.81. The van der Waals surface area contributed by atoms with Crippen molar-refractivity contribution in [2.45, 2.75) is 26.9 Å². The highest BCUT2D eigenvalue weighted by atomic mass is 32.1. The zero-order valence-electron chi connectivity index (χ0n) is 17.4. The second-order valence-electron chi connectivity index (χ2n) is 6.58. The van der Waals surface area contributed by atoms with Crippen LogP contribution in [0.5, 0.6) is 23.0 Å². The number of aromatic nitrogens is 1. The molecule has 30 heavy (non-hydrogen) atoms. The smallest absolute Gasteiger partial charge is 0.251 e. The number of rotatable bonds is 8. The van der Waals surface area contributed by atoms with Crippen LogP contribution in [0.25, 0.3) is 0 Å². The summed E-state index contributed by atoms with van der Waals surface area (Å²) < 4.78 is 16.8. The first kappa shape index (κ1) is 21.6. The van der Waals surface area contributed by atoms with E-state index in [-0.39, 0.29) is 5.91 Å². The summed E-state index contributed by atoms with van der Waals surface area (Å²) in [5.41, 5.74) is 8.03. The van der Waals surface area contributed by atoms with Gasteiger partial charge in [-0.2, -0.15) is 0 Å². The van der Waals surface area contributed by atoms with E-state index in [0.717, 1.165) is 21.1 Å². The first-order valence-corrected chi connectivity index (χ1v) is 10.2. The molecular formula is C22H25N3O4S. The molecule has 0 atom stereocenters. The standard InChI is InChI=1S/C22H25N3O4S/c1-13-21(30-14(2)25-13)12-24-22(26)16-6-8-18(20(10-16)28-4)29-17-7-5-15(11-23)9-19(17)27-3/h5-10H,11-12,23H2,1-4H3,(H,24,26). The molecule has 0 spiro atoms. The third-order valence-electron chi connectivity index (χ3n) is 4.52. The maximum Gasteiger partial charge on any atom is 0.251 e. The SMILES string of the molecule is COc1cc(CN)ccc1Oc1ccc(C(=O)NCc2sc(C)nc2C)cc1OC. The van der Waals surface area contributed by atoms with Gasteiger partial charge in [0.05, 0.1) is 31.5 Å². The molecule has 1 amide bonds. The van der Waals surface area contributed by atoms with Crippen molar-refractivity contribution in [2.24, 2.45) is 5.73 Å². The first-order valence-electron chi connectivity index (χ1n) is 9.39. The van der Waals surface area contributed by atoms with Crippen molar-refractivity contribution in [3.05, 3.63) is 63.1 Å². The predicted molar refractivity (Wildman–Crippen MR) is 117 cm³/mol. The quantitative estimate of drug-likeness (QED) is 0.565. The zero-order valence-corrected chi connectivity index (χ0v) is 18.3. The lowest BCUT2D eigenvalue weighted by Gasteiger charge is -2.14. The Kier molecular flexibility index (Phi) is 6.91. The zero-order chi connectivity index (χ0) is 21.7. The maximum absolute atomic E-state index is 12.6. The van der Waals surface area contributed by atoms with Crippen molar-refractivity contribution in [3.8, 4) is 23.0 Å². The first-order chi connectivity index (χ1) is 14.4. The second-order valence-corrected chi connectivity index (χ2v) is 7.87. The Morgan fingerprint density at radius 2 is 1.70 bits per heavy atom. The minimum atomic E-state index is -0.199. The van der Waals surface area contributed by atoms with Gasteiger partial charge in [0.2, 0.25) is 0 Å². The van der Waals surface area contributed by atoms with Crippen LogP contribution in [-0.2, 0) is 13.1 Å². The predicted octanol–water partition coefficient (Wildman–Crippen LogP) is 3.96. The number of nitrogens with two attached hydrogens (primary N) is 1. The number of benzene rings is 2. The van der Waals surface area contributed by atoms with Crippen molar-refractivity contribution < 1.29 is 19.0 Å². The molecule has 158 valence electrons.